The second kappa shape index (κ2) is 5.61. The molecule has 0 fully saturated rings. The fourth-order valence-corrected chi connectivity index (χ4v) is 2.50. The molecule has 3 aromatic rings. The van der Waals surface area contributed by atoms with Gasteiger partial charge in [0.15, 0.2) is 0 Å². The zero-order chi connectivity index (χ0) is 14.8. The lowest BCUT2D eigenvalue weighted by Gasteiger charge is -2.04. The van der Waals surface area contributed by atoms with Crippen LogP contribution in [-0.4, -0.2) is 16.9 Å². The Kier molecular flexibility index (Phi) is 3.66. The Morgan fingerprint density at radius 1 is 1.10 bits per heavy atom. The highest BCUT2D eigenvalue weighted by molar-refractivity contribution is 9.10. The van der Waals surface area contributed by atoms with Crippen LogP contribution in [0.4, 0.5) is 5.82 Å². The molecule has 0 bridgehead atoms. The fraction of sp³-hybridized carbons (Fsp3) is 0.0625. The summed E-state index contributed by atoms with van der Waals surface area (Å²) in [5.41, 5.74) is 8.82. The molecule has 0 spiro atoms. The maximum Gasteiger partial charge on any atom is 0.127 e. The van der Waals surface area contributed by atoms with Crippen LogP contribution in [0, 0.1) is 0 Å². The van der Waals surface area contributed by atoms with Crippen LogP contribution >= 0.6 is 15.9 Å². The Labute approximate surface area is 131 Å². The van der Waals surface area contributed by atoms with Gasteiger partial charge < -0.3 is 10.5 Å². The van der Waals surface area contributed by atoms with Gasteiger partial charge in [0.05, 0.1) is 18.5 Å². The van der Waals surface area contributed by atoms with Crippen LogP contribution in [0.15, 0.2) is 59.1 Å². The molecule has 0 atom stereocenters. The van der Waals surface area contributed by atoms with Crippen molar-refractivity contribution in [3.05, 3.63) is 59.1 Å². The van der Waals surface area contributed by atoms with Crippen molar-refractivity contribution in [2.24, 2.45) is 0 Å². The van der Waals surface area contributed by atoms with E-state index in [1.807, 2.05) is 54.6 Å². The third kappa shape index (κ3) is 2.78. The highest BCUT2D eigenvalue weighted by atomic mass is 79.9. The second-order valence-electron chi connectivity index (χ2n) is 4.57. The highest BCUT2D eigenvalue weighted by Crippen LogP contribution is 2.25. The summed E-state index contributed by atoms with van der Waals surface area (Å²) in [6.45, 7) is 0. The van der Waals surface area contributed by atoms with E-state index in [1.165, 1.54) is 0 Å². The van der Waals surface area contributed by atoms with E-state index < -0.39 is 0 Å². The van der Waals surface area contributed by atoms with Crippen molar-refractivity contribution >= 4 is 21.7 Å². The molecule has 0 radical (unpaired) electrons. The Hall–Kier alpha value is -2.27. The molecular formula is C16H14BrN3O. The molecule has 5 heteroatoms. The Morgan fingerprint density at radius 3 is 2.52 bits per heavy atom. The molecule has 4 nitrogen and oxygen atoms in total. The topological polar surface area (TPSA) is 53.1 Å². The van der Waals surface area contributed by atoms with Gasteiger partial charge in [-0.25, -0.2) is 4.68 Å². The summed E-state index contributed by atoms with van der Waals surface area (Å²) in [6, 6.07) is 17.5. The van der Waals surface area contributed by atoms with Gasteiger partial charge in [0.1, 0.15) is 11.6 Å². The molecule has 0 saturated carbocycles. The molecule has 2 N–H and O–H groups in total. The van der Waals surface area contributed by atoms with Crippen LogP contribution in [-0.2, 0) is 0 Å². The minimum atomic E-state index is 0.596. The predicted molar refractivity (Wildman–Crippen MR) is 87.7 cm³/mol. The average molecular weight is 344 g/mol. The SMILES string of the molecule is COc1ccc(-c2cc(N)n(-c3cccc(Br)c3)n2)cc1. The number of rotatable bonds is 3. The molecule has 3 rings (SSSR count). The summed E-state index contributed by atoms with van der Waals surface area (Å²) in [5.74, 6) is 1.41. The fourth-order valence-electron chi connectivity index (χ4n) is 2.11. The molecule has 0 amide bonds. The number of nitrogens with two attached hydrogens (primary N) is 1. The Bertz CT molecular complexity index is 765. The molecule has 2 aromatic carbocycles. The maximum atomic E-state index is 6.08. The van der Waals surface area contributed by atoms with E-state index in [0.29, 0.717) is 5.82 Å². The number of benzene rings is 2. The van der Waals surface area contributed by atoms with Crippen LogP contribution in [0.1, 0.15) is 0 Å². The molecule has 21 heavy (non-hydrogen) atoms. The zero-order valence-electron chi connectivity index (χ0n) is 11.5. The quantitative estimate of drug-likeness (QED) is 0.784. The lowest BCUT2D eigenvalue weighted by atomic mass is 10.1. The van der Waals surface area contributed by atoms with Gasteiger partial charge >= 0.3 is 0 Å². The summed E-state index contributed by atoms with van der Waals surface area (Å²) in [7, 11) is 1.65. The Morgan fingerprint density at radius 2 is 1.86 bits per heavy atom. The minimum Gasteiger partial charge on any atom is -0.497 e. The van der Waals surface area contributed by atoms with Crippen LogP contribution in [0.2, 0.25) is 0 Å². The number of aromatic nitrogens is 2. The predicted octanol–water partition coefficient (Wildman–Crippen LogP) is 3.89. The first-order chi connectivity index (χ1) is 10.2. The molecule has 1 aromatic heterocycles. The summed E-state index contributed by atoms with van der Waals surface area (Å²) in [6.07, 6.45) is 0. The molecule has 0 saturated heterocycles. The van der Waals surface area contributed by atoms with Gasteiger partial charge in [-0.1, -0.05) is 22.0 Å². The number of ether oxygens (including phenoxy) is 1. The van der Waals surface area contributed by atoms with Gasteiger partial charge in [0, 0.05) is 16.1 Å². The minimum absolute atomic E-state index is 0.596. The first kappa shape index (κ1) is 13.7. The standard InChI is InChI=1S/C16H14BrN3O/c1-21-14-7-5-11(6-8-14)15-10-16(18)20(19-15)13-4-2-3-12(17)9-13/h2-10H,18H2,1H3. The van der Waals surface area contributed by atoms with Crippen molar-refractivity contribution in [2.75, 3.05) is 12.8 Å². The molecule has 106 valence electrons. The summed E-state index contributed by atoms with van der Waals surface area (Å²) in [5, 5.41) is 4.58. The van der Waals surface area contributed by atoms with E-state index >= 15 is 0 Å². The van der Waals surface area contributed by atoms with E-state index in [9.17, 15) is 0 Å². The maximum absolute atomic E-state index is 6.08. The van der Waals surface area contributed by atoms with Crippen LogP contribution in [0.25, 0.3) is 16.9 Å². The normalized spacial score (nSPS) is 10.6. The van der Waals surface area contributed by atoms with Crippen molar-refractivity contribution in [3.63, 3.8) is 0 Å². The first-order valence-electron chi connectivity index (χ1n) is 6.43. The third-order valence-electron chi connectivity index (χ3n) is 3.18. The van der Waals surface area contributed by atoms with Crippen LogP contribution in [0.5, 0.6) is 5.75 Å². The van der Waals surface area contributed by atoms with Crippen molar-refractivity contribution in [3.8, 4) is 22.7 Å². The summed E-state index contributed by atoms with van der Waals surface area (Å²) >= 11 is 3.46. The zero-order valence-corrected chi connectivity index (χ0v) is 13.0. The lowest BCUT2D eigenvalue weighted by Crippen LogP contribution is -2.01. The average Bonchev–Trinajstić information content (AvgIpc) is 2.89. The van der Waals surface area contributed by atoms with Gasteiger partial charge in [0.2, 0.25) is 0 Å². The van der Waals surface area contributed by atoms with E-state index in [1.54, 1.807) is 11.8 Å². The largest absolute Gasteiger partial charge is 0.497 e. The number of hydrogen-bond donors (Lipinski definition) is 1. The highest BCUT2D eigenvalue weighted by Gasteiger charge is 2.09. The van der Waals surface area contributed by atoms with E-state index in [4.69, 9.17) is 10.5 Å². The number of hydrogen-bond acceptors (Lipinski definition) is 3. The number of methoxy groups -OCH3 is 1. The molecule has 0 aliphatic rings. The molecule has 1 heterocycles. The van der Waals surface area contributed by atoms with Gasteiger partial charge in [-0.15, -0.1) is 0 Å². The van der Waals surface area contributed by atoms with Crippen molar-refractivity contribution < 1.29 is 4.74 Å². The summed E-state index contributed by atoms with van der Waals surface area (Å²) in [4.78, 5) is 0. The smallest absolute Gasteiger partial charge is 0.127 e. The van der Waals surface area contributed by atoms with Gasteiger partial charge in [-0.05, 0) is 42.5 Å². The van der Waals surface area contributed by atoms with Gasteiger partial charge in [-0.2, -0.15) is 5.10 Å². The monoisotopic (exact) mass is 343 g/mol. The third-order valence-corrected chi connectivity index (χ3v) is 3.67. The molecular weight excluding hydrogens is 330 g/mol. The number of anilines is 1. The van der Waals surface area contributed by atoms with Crippen molar-refractivity contribution in [1.29, 1.82) is 0 Å². The van der Waals surface area contributed by atoms with Crippen molar-refractivity contribution in [2.45, 2.75) is 0 Å². The van der Waals surface area contributed by atoms with E-state index in [2.05, 4.69) is 21.0 Å². The van der Waals surface area contributed by atoms with E-state index in [0.717, 1.165) is 27.2 Å². The van der Waals surface area contributed by atoms with Gasteiger partial charge in [0.25, 0.3) is 0 Å². The van der Waals surface area contributed by atoms with Crippen LogP contribution < -0.4 is 10.5 Å². The Balaban J connectivity index is 2.00. The van der Waals surface area contributed by atoms with E-state index in [-0.39, 0.29) is 0 Å². The first-order valence-corrected chi connectivity index (χ1v) is 7.22. The molecule has 0 aliphatic carbocycles. The second-order valence-corrected chi connectivity index (χ2v) is 5.49. The number of halogens is 1. The number of nitrogens with zero attached hydrogens (tertiary/aromatic N) is 2. The summed E-state index contributed by atoms with van der Waals surface area (Å²) < 4.78 is 7.87. The molecule has 0 unspecified atom stereocenters. The van der Waals surface area contributed by atoms with Gasteiger partial charge in [-0.3, -0.25) is 0 Å². The lowest BCUT2D eigenvalue weighted by molar-refractivity contribution is 0.415. The van der Waals surface area contributed by atoms with Crippen LogP contribution in [0.3, 0.4) is 0 Å². The number of nitrogen functional groups attached to an aromatic ring is 1. The molecule has 0 aliphatic heterocycles. The van der Waals surface area contributed by atoms with Crippen molar-refractivity contribution in [1.82, 2.24) is 9.78 Å².